The van der Waals surface area contributed by atoms with Crippen LogP contribution in [0.15, 0.2) is 0 Å². The van der Waals surface area contributed by atoms with E-state index in [2.05, 4.69) is 5.32 Å². The maximum atomic E-state index is 6.06. The second-order valence-electron chi connectivity index (χ2n) is 5.15. The van der Waals surface area contributed by atoms with Crippen molar-refractivity contribution in [3.63, 3.8) is 0 Å². The molecule has 0 radical (unpaired) electrons. The summed E-state index contributed by atoms with van der Waals surface area (Å²) < 4.78 is 11.5. The fraction of sp³-hybridized carbons (Fsp3) is 1.00. The van der Waals surface area contributed by atoms with Crippen LogP contribution < -0.4 is 5.32 Å². The standard InChI is InChI=1S/C12H21NO2/c1-4-12(5-1)11(13-6-9-15-12)10-2-7-14-8-3-10/h10-11,13H,1-9H2. The highest BCUT2D eigenvalue weighted by atomic mass is 16.5. The normalized spacial score (nSPS) is 36.4. The summed E-state index contributed by atoms with van der Waals surface area (Å²) in [6, 6.07) is 0.601. The van der Waals surface area contributed by atoms with E-state index in [4.69, 9.17) is 9.47 Å². The number of ether oxygens (including phenoxy) is 2. The molecule has 1 atom stereocenters. The largest absolute Gasteiger partial charge is 0.381 e. The first kappa shape index (κ1) is 10.1. The third-order valence-electron chi connectivity index (χ3n) is 4.36. The molecule has 3 heteroatoms. The summed E-state index contributed by atoms with van der Waals surface area (Å²) in [7, 11) is 0. The van der Waals surface area contributed by atoms with Crippen LogP contribution in [0.5, 0.6) is 0 Å². The Hall–Kier alpha value is -0.120. The molecule has 3 rings (SSSR count). The Morgan fingerprint density at radius 2 is 1.87 bits per heavy atom. The van der Waals surface area contributed by atoms with Gasteiger partial charge in [0.15, 0.2) is 0 Å². The van der Waals surface area contributed by atoms with Gasteiger partial charge < -0.3 is 14.8 Å². The summed E-state index contributed by atoms with van der Waals surface area (Å²) in [6.07, 6.45) is 6.30. The van der Waals surface area contributed by atoms with E-state index in [1.165, 1.54) is 32.1 Å². The molecular weight excluding hydrogens is 190 g/mol. The minimum atomic E-state index is 0.209. The van der Waals surface area contributed by atoms with Crippen LogP contribution in [0.3, 0.4) is 0 Å². The summed E-state index contributed by atoms with van der Waals surface area (Å²) in [5, 5.41) is 3.70. The van der Waals surface area contributed by atoms with E-state index < -0.39 is 0 Å². The first-order valence-corrected chi connectivity index (χ1v) is 6.36. The van der Waals surface area contributed by atoms with Crippen molar-refractivity contribution in [1.82, 2.24) is 5.32 Å². The van der Waals surface area contributed by atoms with E-state index in [1.807, 2.05) is 0 Å². The summed E-state index contributed by atoms with van der Waals surface area (Å²) in [4.78, 5) is 0. The van der Waals surface area contributed by atoms with Crippen molar-refractivity contribution >= 4 is 0 Å². The van der Waals surface area contributed by atoms with Crippen molar-refractivity contribution in [3.8, 4) is 0 Å². The Balaban J connectivity index is 1.70. The van der Waals surface area contributed by atoms with Crippen LogP contribution in [-0.4, -0.2) is 38.0 Å². The second kappa shape index (κ2) is 4.04. The topological polar surface area (TPSA) is 30.5 Å². The smallest absolute Gasteiger partial charge is 0.0838 e. The average Bonchev–Trinajstić information content (AvgIpc) is 2.28. The number of hydrogen-bond acceptors (Lipinski definition) is 3. The molecule has 0 aromatic carbocycles. The summed E-state index contributed by atoms with van der Waals surface area (Å²) in [5.41, 5.74) is 0.209. The third kappa shape index (κ3) is 1.71. The lowest BCUT2D eigenvalue weighted by atomic mass is 9.68. The lowest BCUT2D eigenvalue weighted by Crippen LogP contribution is -2.64. The molecule has 0 aromatic rings. The minimum Gasteiger partial charge on any atom is -0.381 e. The van der Waals surface area contributed by atoms with Gasteiger partial charge in [-0.2, -0.15) is 0 Å². The maximum absolute atomic E-state index is 6.06. The molecule has 0 amide bonds. The van der Waals surface area contributed by atoms with Crippen molar-refractivity contribution in [3.05, 3.63) is 0 Å². The van der Waals surface area contributed by atoms with Crippen LogP contribution in [0.25, 0.3) is 0 Å². The van der Waals surface area contributed by atoms with Crippen molar-refractivity contribution in [2.24, 2.45) is 5.92 Å². The van der Waals surface area contributed by atoms with Gasteiger partial charge in [-0.1, -0.05) is 0 Å². The number of hydrogen-bond donors (Lipinski definition) is 1. The number of nitrogens with one attached hydrogen (secondary N) is 1. The Morgan fingerprint density at radius 3 is 2.53 bits per heavy atom. The molecule has 15 heavy (non-hydrogen) atoms. The molecule has 1 unspecified atom stereocenters. The quantitative estimate of drug-likeness (QED) is 0.709. The first-order valence-electron chi connectivity index (χ1n) is 6.36. The van der Waals surface area contributed by atoms with Crippen molar-refractivity contribution in [2.75, 3.05) is 26.4 Å². The fourth-order valence-corrected chi connectivity index (χ4v) is 3.37. The van der Waals surface area contributed by atoms with Gasteiger partial charge in [-0.3, -0.25) is 0 Å². The van der Waals surface area contributed by atoms with E-state index in [9.17, 15) is 0 Å². The number of rotatable bonds is 1. The average molecular weight is 211 g/mol. The molecular formula is C12H21NO2. The van der Waals surface area contributed by atoms with E-state index in [1.54, 1.807) is 0 Å². The van der Waals surface area contributed by atoms with Gasteiger partial charge in [0.1, 0.15) is 0 Å². The van der Waals surface area contributed by atoms with E-state index >= 15 is 0 Å². The van der Waals surface area contributed by atoms with Crippen LogP contribution >= 0.6 is 0 Å². The predicted molar refractivity (Wildman–Crippen MR) is 57.9 cm³/mol. The Morgan fingerprint density at radius 1 is 1.07 bits per heavy atom. The Kier molecular flexibility index (Phi) is 2.71. The zero-order chi connectivity index (χ0) is 10.1. The highest BCUT2D eigenvalue weighted by Gasteiger charge is 2.49. The van der Waals surface area contributed by atoms with Crippen LogP contribution in [0.4, 0.5) is 0 Å². The zero-order valence-corrected chi connectivity index (χ0v) is 9.34. The predicted octanol–water partition coefficient (Wildman–Crippen LogP) is 1.32. The van der Waals surface area contributed by atoms with Gasteiger partial charge >= 0.3 is 0 Å². The summed E-state index contributed by atoms with van der Waals surface area (Å²) in [6.45, 7) is 3.82. The van der Waals surface area contributed by atoms with Crippen LogP contribution in [0.2, 0.25) is 0 Å². The van der Waals surface area contributed by atoms with Gasteiger partial charge in [-0.25, -0.2) is 0 Å². The molecule has 1 saturated carbocycles. The van der Waals surface area contributed by atoms with E-state index in [-0.39, 0.29) is 5.60 Å². The monoisotopic (exact) mass is 211 g/mol. The molecule has 86 valence electrons. The Labute approximate surface area is 91.5 Å². The fourth-order valence-electron chi connectivity index (χ4n) is 3.37. The molecule has 1 aliphatic carbocycles. The molecule has 0 bridgehead atoms. The van der Waals surface area contributed by atoms with Crippen molar-refractivity contribution < 1.29 is 9.47 Å². The van der Waals surface area contributed by atoms with E-state index in [0.29, 0.717) is 6.04 Å². The maximum Gasteiger partial charge on any atom is 0.0838 e. The molecule has 2 aliphatic heterocycles. The molecule has 1 spiro atoms. The Bertz CT molecular complexity index is 222. The summed E-state index contributed by atoms with van der Waals surface area (Å²) >= 11 is 0. The molecule has 3 fully saturated rings. The van der Waals surface area contributed by atoms with Gasteiger partial charge in [0.2, 0.25) is 0 Å². The lowest BCUT2D eigenvalue weighted by molar-refractivity contribution is -0.162. The second-order valence-corrected chi connectivity index (χ2v) is 5.15. The molecule has 2 saturated heterocycles. The molecule has 3 nitrogen and oxygen atoms in total. The van der Waals surface area contributed by atoms with Gasteiger partial charge in [0, 0.05) is 25.8 Å². The van der Waals surface area contributed by atoms with Gasteiger partial charge in [0.05, 0.1) is 12.2 Å². The molecule has 2 heterocycles. The van der Waals surface area contributed by atoms with Crippen LogP contribution in [-0.2, 0) is 9.47 Å². The summed E-state index contributed by atoms with van der Waals surface area (Å²) in [5.74, 6) is 0.777. The third-order valence-corrected chi connectivity index (χ3v) is 4.36. The highest BCUT2D eigenvalue weighted by molar-refractivity contribution is 5.04. The van der Waals surface area contributed by atoms with Crippen molar-refractivity contribution in [1.29, 1.82) is 0 Å². The number of morpholine rings is 1. The SMILES string of the molecule is C1CC2(C1)OCCNC2C1CCOCC1. The lowest BCUT2D eigenvalue weighted by Gasteiger charge is -2.53. The first-order chi connectivity index (χ1) is 7.41. The molecule has 0 aromatic heterocycles. The van der Waals surface area contributed by atoms with Crippen molar-refractivity contribution in [2.45, 2.75) is 43.7 Å². The minimum absolute atomic E-state index is 0.209. The van der Waals surface area contributed by atoms with E-state index in [0.717, 1.165) is 32.3 Å². The molecule has 1 N–H and O–H groups in total. The zero-order valence-electron chi connectivity index (χ0n) is 9.34. The van der Waals surface area contributed by atoms with Gasteiger partial charge in [0.25, 0.3) is 0 Å². The van der Waals surface area contributed by atoms with Crippen LogP contribution in [0, 0.1) is 5.92 Å². The van der Waals surface area contributed by atoms with Gasteiger partial charge in [-0.15, -0.1) is 0 Å². The molecule has 3 aliphatic rings. The van der Waals surface area contributed by atoms with Gasteiger partial charge in [-0.05, 0) is 38.0 Å². The van der Waals surface area contributed by atoms with Crippen LogP contribution in [0.1, 0.15) is 32.1 Å². The highest BCUT2D eigenvalue weighted by Crippen LogP contribution is 2.44.